The molecule has 0 bridgehead atoms. The molecule has 1 aromatic heterocycles. The molecule has 1 rings (SSSR count). The first-order chi connectivity index (χ1) is 4.93. The Morgan fingerprint density at radius 1 is 1.60 bits per heavy atom. The second kappa shape index (κ2) is 3.82. The van der Waals surface area contributed by atoms with Crippen LogP contribution in [0.1, 0.15) is 0 Å². The van der Waals surface area contributed by atoms with Gasteiger partial charge in [0.05, 0.1) is 6.20 Å². The first kappa shape index (κ1) is 6.99. The molecule has 0 amide bonds. The quantitative estimate of drug-likeness (QED) is 0.635. The molecule has 0 aromatic carbocycles. The van der Waals surface area contributed by atoms with Crippen LogP contribution < -0.4 is 4.74 Å². The van der Waals surface area contributed by atoms with Gasteiger partial charge in [-0.2, -0.15) is 0 Å². The van der Waals surface area contributed by atoms with E-state index in [1.807, 2.05) is 0 Å². The third-order valence-electron chi connectivity index (χ3n) is 0.980. The van der Waals surface area contributed by atoms with Crippen LogP contribution >= 0.6 is 0 Å². The molecule has 3 heteroatoms. The van der Waals surface area contributed by atoms with Crippen LogP contribution in [0.4, 0.5) is 4.39 Å². The van der Waals surface area contributed by atoms with Crippen LogP contribution in [0.25, 0.3) is 0 Å². The molecule has 0 fully saturated rings. The van der Waals surface area contributed by atoms with Crippen molar-refractivity contribution in [2.45, 2.75) is 0 Å². The molecule has 0 unspecified atom stereocenters. The van der Waals surface area contributed by atoms with E-state index in [2.05, 4.69) is 4.98 Å². The molecule has 0 saturated carbocycles. The van der Waals surface area contributed by atoms with E-state index in [9.17, 15) is 4.39 Å². The molecule has 10 heavy (non-hydrogen) atoms. The predicted molar refractivity (Wildman–Crippen MR) is 35.7 cm³/mol. The third-order valence-corrected chi connectivity index (χ3v) is 0.980. The van der Waals surface area contributed by atoms with Gasteiger partial charge in [0.15, 0.2) is 0 Å². The summed E-state index contributed by atoms with van der Waals surface area (Å²) >= 11 is 0. The Morgan fingerprint density at radius 3 is 3.10 bits per heavy atom. The average Bonchev–Trinajstić information content (AvgIpc) is 2.03. The molecule has 0 spiro atoms. The molecular formula is C7H8FNO. The molecule has 0 aliphatic carbocycles. The topological polar surface area (TPSA) is 22.1 Å². The number of ether oxygens (including phenoxy) is 1. The van der Waals surface area contributed by atoms with Crippen molar-refractivity contribution >= 4 is 0 Å². The molecule has 54 valence electrons. The summed E-state index contributed by atoms with van der Waals surface area (Å²) in [6.07, 6.45) is 3.19. The van der Waals surface area contributed by atoms with Crippen molar-refractivity contribution in [2.75, 3.05) is 13.3 Å². The van der Waals surface area contributed by atoms with Gasteiger partial charge in [-0.3, -0.25) is 4.98 Å². The van der Waals surface area contributed by atoms with E-state index >= 15 is 0 Å². The van der Waals surface area contributed by atoms with Crippen LogP contribution in [0, 0.1) is 0 Å². The summed E-state index contributed by atoms with van der Waals surface area (Å²) in [4.78, 5) is 3.79. The van der Waals surface area contributed by atoms with E-state index in [0.29, 0.717) is 5.75 Å². The maximum Gasteiger partial charge on any atom is 0.137 e. The zero-order chi connectivity index (χ0) is 7.23. The van der Waals surface area contributed by atoms with Gasteiger partial charge in [0.1, 0.15) is 19.0 Å². The van der Waals surface area contributed by atoms with Crippen LogP contribution in [0.5, 0.6) is 5.75 Å². The predicted octanol–water partition coefficient (Wildman–Crippen LogP) is 1.43. The fraction of sp³-hybridized carbons (Fsp3) is 0.286. The highest BCUT2D eigenvalue weighted by Crippen LogP contribution is 2.04. The molecule has 1 aromatic rings. The second-order valence-electron chi connectivity index (χ2n) is 1.73. The largest absolute Gasteiger partial charge is 0.489 e. The Labute approximate surface area is 58.7 Å². The van der Waals surface area contributed by atoms with Crippen molar-refractivity contribution in [3.8, 4) is 5.75 Å². The van der Waals surface area contributed by atoms with Crippen LogP contribution in [0.15, 0.2) is 24.5 Å². The number of aromatic nitrogens is 1. The first-order valence-electron chi connectivity index (χ1n) is 3.02. The molecule has 0 atom stereocenters. The molecule has 1 heterocycles. The standard InChI is InChI=1S/C7H8FNO/c8-3-5-10-7-2-1-4-9-6-7/h1-2,4,6H,3,5H2. The Kier molecular flexibility index (Phi) is 2.67. The number of halogens is 1. The minimum Gasteiger partial charge on any atom is -0.489 e. The zero-order valence-electron chi connectivity index (χ0n) is 5.46. The van der Waals surface area contributed by atoms with E-state index < -0.39 is 6.67 Å². The molecule has 0 aliphatic heterocycles. The van der Waals surface area contributed by atoms with Gasteiger partial charge in [-0.15, -0.1) is 0 Å². The Hall–Kier alpha value is -1.12. The average molecular weight is 141 g/mol. The maximum atomic E-state index is 11.5. The van der Waals surface area contributed by atoms with Crippen LogP contribution in [-0.2, 0) is 0 Å². The molecule has 2 nitrogen and oxygen atoms in total. The molecule has 0 aliphatic rings. The van der Waals surface area contributed by atoms with Crippen molar-refractivity contribution in [3.05, 3.63) is 24.5 Å². The molecule has 0 N–H and O–H groups in total. The lowest BCUT2D eigenvalue weighted by molar-refractivity contribution is 0.272. The first-order valence-corrected chi connectivity index (χ1v) is 3.02. The van der Waals surface area contributed by atoms with Gasteiger partial charge in [-0.25, -0.2) is 4.39 Å². The van der Waals surface area contributed by atoms with Crippen molar-refractivity contribution < 1.29 is 9.13 Å². The Morgan fingerprint density at radius 2 is 2.50 bits per heavy atom. The summed E-state index contributed by atoms with van der Waals surface area (Å²) < 4.78 is 16.5. The monoisotopic (exact) mass is 141 g/mol. The summed E-state index contributed by atoms with van der Waals surface area (Å²) in [6, 6.07) is 3.48. The van der Waals surface area contributed by atoms with Gasteiger partial charge in [-0.05, 0) is 12.1 Å². The minimum absolute atomic E-state index is 0.103. The number of nitrogens with zero attached hydrogens (tertiary/aromatic N) is 1. The van der Waals surface area contributed by atoms with Crippen LogP contribution in [0.2, 0.25) is 0 Å². The SMILES string of the molecule is FCCOc1cccnc1. The van der Waals surface area contributed by atoms with Crippen LogP contribution in [-0.4, -0.2) is 18.3 Å². The van der Waals surface area contributed by atoms with Gasteiger partial charge in [0, 0.05) is 6.20 Å². The van der Waals surface area contributed by atoms with Gasteiger partial charge < -0.3 is 4.74 Å². The zero-order valence-corrected chi connectivity index (χ0v) is 5.46. The lowest BCUT2D eigenvalue weighted by Gasteiger charge is -1.99. The Balaban J connectivity index is 2.43. The second-order valence-corrected chi connectivity index (χ2v) is 1.73. The summed E-state index contributed by atoms with van der Waals surface area (Å²) in [5.74, 6) is 0.611. The summed E-state index contributed by atoms with van der Waals surface area (Å²) in [5, 5.41) is 0. The minimum atomic E-state index is -0.463. The lowest BCUT2D eigenvalue weighted by atomic mass is 10.5. The van der Waals surface area contributed by atoms with Gasteiger partial charge >= 0.3 is 0 Å². The third kappa shape index (κ3) is 2.01. The highest BCUT2D eigenvalue weighted by Gasteiger charge is 1.88. The van der Waals surface area contributed by atoms with Gasteiger partial charge in [0.2, 0.25) is 0 Å². The van der Waals surface area contributed by atoms with Crippen molar-refractivity contribution in [2.24, 2.45) is 0 Å². The number of rotatable bonds is 3. The van der Waals surface area contributed by atoms with E-state index in [-0.39, 0.29) is 6.61 Å². The number of hydrogen-bond acceptors (Lipinski definition) is 2. The van der Waals surface area contributed by atoms with Crippen molar-refractivity contribution in [1.82, 2.24) is 4.98 Å². The van der Waals surface area contributed by atoms with E-state index in [1.165, 1.54) is 0 Å². The summed E-state index contributed by atoms with van der Waals surface area (Å²) in [6.45, 7) is -0.361. The summed E-state index contributed by atoms with van der Waals surface area (Å²) in [5.41, 5.74) is 0. The molecule has 0 saturated heterocycles. The van der Waals surface area contributed by atoms with Gasteiger partial charge in [0.25, 0.3) is 0 Å². The normalized spacial score (nSPS) is 9.30. The lowest BCUT2D eigenvalue weighted by Crippen LogP contribution is -1.98. The molecular weight excluding hydrogens is 133 g/mol. The molecule has 0 radical (unpaired) electrons. The summed E-state index contributed by atoms with van der Waals surface area (Å²) in [7, 11) is 0. The van der Waals surface area contributed by atoms with E-state index in [1.54, 1.807) is 24.5 Å². The Bertz CT molecular complexity index is 178. The van der Waals surface area contributed by atoms with E-state index in [4.69, 9.17) is 4.74 Å². The van der Waals surface area contributed by atoms with Crippen LogP contribution in [0.3, 0.4) is 0 Å². The maximum absolute atomic E-state index is 11.5. The number of alkyl halides is 1. The van der Waals surface area contributed by atoms with Crippen molar-refractivity contribution in [3.63, 3.8) is 0 Å². The van der Waals surface area contributed by atoms with Gasteiger partial charge in [-0.1, -0.05) is 0 Å². The van der Waals surface area contributed by atoms with Crippen molar-refractivity contribution in [1.29, 1.82) is 0 Å². The van der Waals surface area contributed by atoms with E-state index in [0.717, 1.165) is 0 Å². The highest BCUT2D eigenvalue weighted by atomic mass is 19.1. The smallest absolute Gasteiger partial charge is 0.137 e. The number of pyridine rings is 1. The number of hydrogen-bond donors (Lipinski definition) is 0. The highest BCUT2D eigenvalue weighted by molar-refractivity contribution is 5.15. The fourth-order valence-electron chi connectivity index (χ4n) is 0.589. The fourth-order valence-corrected chi connectivity index (χ4v) is 0.589.